The average Bonchev–Trinajstić information content (AvgIpc) is 3.57. The minimum atomic E-state index is 0.851. The molecule has 0 spiro atoms. The average molecular weight is 405 g/mol. The van der Waals surface area contributed by atoms with Crippen LogP contribution >= 0.6 is 0 Å². The molecule has 29 heavy (non-hydrogen) atoms. The van der Waals surface area contributed by atoms with E-state index >= 15 is 0 Å². The summed E-state index contributed by atoms with van der Waals surface area (Å²) in [5, 5.41) is 0. The summed E-state index contributed by atoms with van der Waals surface area (Å²) in [5.74, 6) is 11.5. The second-order valence-corrected chi connectivity index (χ2v) is 12.4. The van der Waals surface area contributed by atoms with Crippen LogP contribution in [-0.2, 0) is 0 Å². The Morgan fingerprint density at radius 2 is 1.14 bits per heavy atom. The summed E-state index contributed by atoms with van der Waals surface area (Å²) < 4.78 is 0. The zero-order valence-corrected chi connectivity index (χ0v) is 21.9. The van der Waals surface area contributed by atoms with E-state index < -0.39 is 0 Å². The Morgan fingerprint density at radius 3 is 1.66 bits per heavy atom. The lowest BCUT2D eigenvalue weighted by Gasteiger charge is -2.34. The summed E-state index contributed by atoms with van der Waals surface area (Å²) in [7, 11) is 0. The van der Waals surface area contributed by atoms with Gasteiger partial charge in [0, 0.05) is 0 Å². The zero-order valence-electron chi connectivity index (χ0n) is 21.9. The topological polar surface area (TPSA) is 0 Å². The van der Waals surface area contributed by atoms with E-state index in [9.17, 15) is 0 Å². The molecule has 0 aromatic carbocycles. The Hall–Kier alpha value is 0. The lowest BCUT2D eigenvalue weighted by atomic mass is 9.72. The summed E-state index contributed by atoms with van der Waals surface area (Å²) in [6.45, 7) is 24.9. The van der Waals surface area contributed by atoms with Crippen molar-refractivity contribution in [2.24, 2.45) is 71.0 Å². The van der Waals surface area contributed by atoms with E-state index in [0.29, 0.717) is 0 Å². The van der Waals surface area contributed by atoms with Crippen molar-refractivity contribution in [1.82, 2.24) is 0 Å². The zero-order chi connectivity index (χ0) is 21.9. The standard InChI is InChI=1S/C29H56/c1-11-19(5)26-16-27(26)21(7)15-22(8)28-17-29(28)24(10)25(12-2)23(9)20(6)14-13-18(3)4/h18-29H,11-17H2,1-10H3. The van der Waals surface area contributed by atoms with E-state index in [1.165, 1.54) is 44.9 Å². The van der Waals surface area contributed by atoms with Crippen LogP contribution in [0.1, 0.15) is 114 Å². The highest BCUT2D eigenvalue weighted by Gasteiger charge is 2.49. The van der Waals surface area contributed by atoms with Crippen LogP contribution in [0.25, 0.3) is 0 Å². The molecule has 0 aliphatic heterocycles. The first-order valence-electron chi connectivity index (χ1n) is 13.6. The van der Waals surface area contributed by atoms with E-state index in [4.69, 9.17) is 0 Å². The van der Waals surface area contributed by atoms with Crippen LogP contribution in [0.3, 0.4) is 0 Å². The van der Waals surface area contributed by atoms with Crippen LogP contribution in [0.2, 0.25) is 0 Å². The van der Waals surface area contributed by atoms with Crippen molar-refractivity contribution in [3.8, 4) is 0 Å². The molecule has 0 amide bonds. The fourth-order valence-corrected chi connectivity index (χ4v) is 7.10. The van der Waals surface area contributed by atoms with E-state index in [-0.39, 0.29) is 0 Å². The van der Waals surface area contributed by atoms with Crippen LogP contribution < -0.4 is 0 Å². The summed E-state index contributed by atoms with van der Waals surface area (Å²) in [6, 6.07) is 0. The Morgan fingerprint density at radius 1 is 0.621 bits per heavy atom. The maximum absolute atomic E-state index is 2.61. The molecule has 0 nitrogen and oxygen atoms in total. The molecule has 2 aliphatic carbocycles. The van der Waals surface area contributed by atoms with Gasteiger partial charge in [-0.05, 0) is 90.3 Å². The first-order chi connectivity index (χ1) is 13.6. The molecule has 172 valence electrons. The monoisotopic (exact) mass is 404 g/mol. The molecule has 2 fully saturated rings. The fraction of sp³-hybridized carbons (Fsp3) is 1.00. The Kier molecular flexibility index (Phi) is 9.62. The molecule has 11 unspecified atom stereocenters. The predicted molar refractivity (Wildman–Crippen MR) is 131 cm³/mol. The van der Waals surface area contributed by atoms with Gasteiger partial charge in [-0.15, -0.1) is 0 Å². The quantitative estimate of drug-likeness (QED) is 0.270. The van der Waals surface area contributed by atoms with Crippen molar-refractivity contribution in [3.63, 3.8) is 0 Å². The van der Waals surface area contributed by atoms with Gasteiger partial charge in [0.2, 0.25) is 0 Å². The van der Waals surface area contributed by atoms with Crippen molar-refractivity contribution in [2.75, 3.05) is 0 Å². The molecule has 0 heteroatoms. The van der Waals surface area contributed by atoms with E-state index in [1.54, 1.807) is 0 Å². The second-order valence-electron chi connectivity index (χ2n) is 12.4. The highest BCUT2D eigenvalue weighted by molar-refractivity contribution is 4.98. The third kappa shape index (κ3) is 6.74. The van der Waals surface area contributed by atoms with Gasteiger partial charge in [0.1, 0.15) is 0 Å². The molecule has 2 aliphatic rings. The van der Waals surface area contributed by atoms with E-state index in [2.05, 4.69) is 69.2 Å². The molecular weight excluding hydrogens is 348 g/mol. The molecule has 0 bridgehead atoms. The van der Waals surface area contributed by atoms with Gasteiger partial charge in [-0.25, -0.2) is 0 Å². The van der Waals surface area contributed by atoms with Gasteiger partial charge in [-0.2, -0.15) is 0 Å². The summed E-state index contributed by atoms with van der Waals surface area (Å²) in [6.07, 6.45) is 10.1. The van der Waals surface area contributed by atoms with Gasteiger partial charge in [0.15, 0.2) is 0 Å². The van der Waals surface area contributed by atoms with Crippen molar-refractivity contribution in [2.45, 2.75) is 114 Å². The van der Waals surface area contributed by atoms with Crippen molar-refractivity contribution in [3.05, 3.63) is 0 Å². The molecule has 2 saturated carbocycles. The molecular formula is C29H56. The van der Waals surface area contributed by atoms with Gasteiger partial charge in [-0.1, -0.05) is 94.9 Å². The lowest BCUT2D eigenvalue weighted by Crippen LogP contribution is -2.26. The molecule has 2 rings (SSSR count). The minimum absolute atomic E-state index is 0.851. The van der Waals surface area contributed by atoms with Crippen molar-refractivity contribution >= 4 is 0 Å². The van der Waals surface area contributed by atoms with Gasteiger partial charge < -0.3 is 0 Å². The van der Waals surface area contributed by atoms with Crippen molar-refractivity contribution in [1.29, 1.82) is 0 Å². The normalized spacial score (nSPS) is 33.6. The van der Waals surface area contributed by atoms with Crippen LogP contribution in [0.15, 0.2) is 0 Å². The number of rotatable bonds is 14. The molecule has 0 N–H and O–H groups in total. The highest BCUT2D eigenvalue weighted by Crippen LogP contribution is 2.57. The minimum Gasteiger partial charge on any atom is -0.0651 e. The van der Waals surface area contributed by atoms with Gasteiger partial charge in [0.25, 0.3) is 0 Å². The molecule has 0 aromatic rings. The lowest BCUT2D eigenvalue weighted by molar-refractivity contribution is 0.154. The van der Waals surface area contributed by atoms with Crippen LogP contribution in [-0.4, -0.2) is 0 Å². The smallest absolute Gasteiger partial charge is 0.0352 e. The van der Waals surface area contributed by atoms with E-state index in [1.807, 2.05) is 0 Å². The van der Waals surface area contributed by atoms with Crippen LogP contribution in [0.4, 0.5) is 0 Å². The van der Waals surface area contributed by atoms with Gasteiger partial charge >= 0.3 is 0 Å². The molecule has 11 atom stereocenters. The molecule has 0 aromatic heterocycles. The maximum atomic E-state index is 2.61. The van der Waals surface area contributed by atoms with Crippen LogP contribution in [0, 0.1) is 71.0 Å². The first-order valence-corrected chi connectivity index (χ1v) is 13.6. The van der Waals surface area contributed by atoms with Gasteiger partial charge in [-0.3, -0.25) is 0 Å². The Labute approximate surface area is 185 Å². The van der Waals surface area contributed by atoms with Gasteiger partial charge in [0.05, 0.1) is 0 Å². The predicted octanol–water partition coefficient (Wildman–Crippen LogP) is 9.34. The third-order valence-corrected chi connectivity index (χ3v) is 9.96. The third-order valence-electron chi connectivity index (χ3n) is 9.96. The number of hydrogen-bond acceptors (Lipinski definition) is 0. The largest absolute Gasteiger partial charge is 0.0651 e. The molecule has 0 heterocycles. The highest BCUT2D eigenvalue weighted by atomic mass is 14.5. The first kappa shape index (κ1) is 25.3. The molecule has 0 saturated heterocycles. The van der Waals surface area contributed by atoms with Crippen LogP contribution in [0.5, 0.6) is 0 Å². The SMILES string of the molecule is CCC(C)C1CC1C(C)CC(C)C1CC1C(C)C(CC)C(C)C(C)CCC(C)C. The molecule has 0 radical (unpaired) electrons. The Balaban J connectivity index is 1.80. The fourth-order valence-electron chi connectivity index (χ4n) is 7.10. The van der Waals surface area contributed by atoms with E-state index in [0.717, 1.165) is 71.0 Å². The van der Waals surface area contributed by atoms with Crippen molar-refractivity contribution < 1.29 is 0 Å². The Bertz CT molecular complexity index is 465. The second kappa shape index (κ2) is 11.0. The maximum Gasteiger partial charge on any atom is -0.0352 e. The summed E-state index contributed by atoms with van der Waals surface area (Å²) in [4.78, 5) is 0. The summed E-state index contributed by atoms with van der Waals surface area (Å²) >= 11 is 0. The summed E-state index contributed by atoms with van der Waals surface area (Å²) in [5.41, 5.74) is 0. The number of hydrogen-bond donors (Lipinski definition) is 0.